The van der Waals surface area contributed by atoms with Crippen LogP contribution in [0.2, 0.25) is 0 Å². The lowest BCUT2D eigenvalue weighted by Gasteiger charge is -2.24. The molecule has 0 aliphatic carbocycles. The van der Waals surface area contributed by atoms with E-state index in [9.17, 15) is 8.42 Å². The normalized spacial score (nSPS) is 31.8. The fraction of sp³-hybridized carbons (Fsp3) is 0.909. The molecule has 1 N–H and O–H groups in total. The van der Waals surface area contributed by atoms with Crippen LogP contribution in [0, 0.1) is 17.2 Å². The highest BCUT2D eigenvalue weighted by Crippen LogP contribution is 2.28. The van der Waals surface area contributed by atoms with E-state index in [0.717, 1.165) is 19.4 Å². The third-order valence-electron chi connectivity index (χ3n) is 3.80. The van der Waals surface area contributed by atoms with Crippen molar-refractivity contribution in [2.24, 2.45) is 5.92 Å². The van der Waals surface area contributed by atoms with E-state index in [1.807, 2.05) is 6.07 Å². The van der Waals surface area contributed by atoms with Gasteiger partial charge in [-0.15, -0.1) is 0 Å². The van der Waals surface area contributed by atoms with E-state index in [0.29, 0.717) is 25.4 Å². The van der Waals surface area contributed by atoms with Crippen molar-refractivity contribution in [1.29, 1.82) is 5.26 Å². The van der Waals surface area contributed by atoms with Crippen LogP contribution in [0.4, 0.5) is 0 Å². The van der Waals surface area contributed by atoms with Gasteiger partial charge >= 0.3 is 0 Å². The molecule has 2 fully saturated rings. The molecule has 1 unspecified atom stereocenters. The molecule has 0 saturated carbocycles. The van der Waals surface area contributed by atoms with Crippen LogP contribution < -0.4 is 5.32 Å². The number of hydrogen-bond acceptors (Lipinski definition) is 4. The molecule has 17 heavy (non-hydrogen) atoms. The van der Waals surface area contributed by atoms with Crippen LogP contribution in [0.25, 0.3) is 0 Å². The third-order valence-corrected chi connectivity index (χ3v) is 5.98. The zero-order valence-corrected chi connectivity index (χ0v) is 10.9. The van der Waals surface area contributed by atoms with Crippen LogP contribution in [-0.4, -0.2) is 43.6 Å². The molecule has 2 aliphatic heterocycles. The first kappa shape index (κ1) is 12.8. The van der Waals surface area contributed by atoms with E-state index in [1.54, 1.807) is 6.92 Å². The lowest BCUT2D eigenvalue weighted by molar-refractivity contribution is 0.339. The van der Waals surface area contributed by atoms with E-state index in [4.69, 9.17) is 5.26 Å². The van der Waals surface area contributed by atoms with Crippen molar-refractivity contribution in [3.8, 4) is 6.07 Å². The zero-order chi connectivity index (χ0) is 12.5. The molecule has 0 spiro atoms. The second-order valence-electron chi connectivity index (χ2n) is 4.85. The van der Waals surface area contributed by atoms with Gasteiger partial charge in [-0.3, -0.25) is 0 Å². The Balaban J connectivity index is 2.12. The van der Waals surface area contributed by atoms with Crippen LogP contribution in [-0.2, 0) is 10.0 Å². The average Bonchev–Trinajstić information content (AvgIpc) is 2.74. The van der Waals surface area contributed by atoms with Gasteiger partial charge in [0.25, 0.3) is 0 Å². The summed E-state index contributed by atoms with van der Waals surface area (Å²) in [7, 11) is -3.43. The van der Waals surface area contributed by atoms with E-state index in [2.05, 4.69) is 5.32 Å². The van der Waals surface area contributed by atoms with Gasteiger partial charge in [-0.2, -0.15) is 9.57 Å². The number of sulfonamides is 1. The summed E-state index contributed by atoms with van der Waals surface area (Å²) in [4.78, 5) is 0. The minimum Gasteiger partial charge on any atom is -0.312 e. The molecule has 0 amide bonds. The Morgan fingerprint density at radius 1 is 1.53 bits per heavy atom. The first-order chi connectivity index (χ1) is 8.09. The molecule has 2 heterocycles. The van der Waals surface area contributed by atoms with Crippen molar-refractivity contribution in [2.75, 3.05) is 19.6 Å². The minimum atomic E-state index is -3.43. The van der Waals surface area contributed by atoms with Gasteiger partial charge in [0.1, 0.15) is 0 Å². The molecule has 5 nitrogen and oxygen atoms in total. The fourth-order valence-corrected chi connectivity index (χ4v) is 4.45. The molecule has 96 valence electrons. The van der Waals surface area contributed by atoms with Crippen molar-refractivity contribution in [2.45, 2.75) is 37.5 Å². The monoisotopic (exact) mass is 257 g/mol. The zero-order valence-electron chi connectivity index (χ0n) is 10.1. The standard InChI is InChI=1S/C11H19N3O2S/c1-2-10(6-12)17(15,16)14-7-9-4-3-5-13-11(9)8-14/h9-11,13H,2-5,7-8H2,1H3/t9-,10?,11+/m0/s1. The number of piperidine rings is 1. The Bertz CT molecular complexity index is 401. The third kappa shape index (κ3) is 2.32. The van der Waals surface area contributed by atoms with Gasteiger partial charge in [-0.1, -0.05) is 6.92 Å². The van der Waals surface area contributed by atoms with Gasteiger partial charge in [0.05, 0.1) is 6.07 Å². The molecule has 2 aliphatic rings. The number of rotatable bonds is 3. The topological polar surface area (TPSA) is 73.2 Å². The Hall–Kier alpha value is -0.640. The van der Waals surface area contributed by atoms with Crippen molar-refractivity contribution in [3.63, 3.8) is 0 Å². The van der Waals surface area contributed by atoms with Crippen LogP contribution in [0.15, 0.2) is 0 Å². The lowest BCUT2D eigenvalue weighted by Crippen LogP contribution is -2.41. The van der Waals surface area contributed by atoms with E-state index in [-0.39, 0.29) is 6.04 Å². The number of nitrogens with one attached hydrogen (secondary N) is 1. The van der Waals surface area contributed by atoms with Gasteiger partial charge in [0, 0.05) is 19.1 Å². The maximum absolute atomic E-state index is 12.2. The molecule has 0 bridgehead atoms. The Kier molecular flexibility index (Phi) is 3.71. The van der Waals surface area contributed by atoms with E-state index in [1.165, 1.54) is 4.31 Å². The highest BCUT2D eigenvalue weighted by Gasteiger charge is 2.42. The molecular weight excluding hydrogens is 238 g/mol. The van der Waals surface area contributed by atoms with Crippen molar-refractivity contribution in [1.82, 2.24) is 9.62 Å². The summed E-state index contributed by atoms with van der Waals surface area (Å²) in [5.74, 6) is 0.426. The van der Waals surface area contributed by atoms with E-state index < -0.39 is 15.3 Å². The molecule has 0 aromatic carbocycles. The Morgan fingerprint density at radius 3 is 2.88 bits per heavy atom. The Morgan fingerprint density at radius 2 is 2.29 bits per heavy atom. The van der Waals surface area contributed by atoms with Gasteiger partial charge < -0.3 is 5.32 Å². The predicted octanol–water partition coefficient (Wildman–Crippen LogP) is 0.302. The van der Waals surface area contributed by atoms with Gasteiger partial charge in [-0.25, -0.2) is 8.42 Å². The van der Waals surface area contributed by atoms with E-state index >= 15 is 0 Å². The summed E-state index contributed by atoms with van der Waals surface area (Å²) in [6.07, 6.45) is 2.57. The van der Waals surface area contributed by atoms with Crippen molar-refractivity contribution >= 4 is 10.0 Å². The molecular formula is C11H19N3O2S. The molecule has 6 heteroatoms. The fourth-order valence-electron chi connectivity index (χ4n) is 2.76. The van der Waals surface area contributed by atoms with Crippen LogP contribution >= 0.6 is 0 Å². The quantitative estimate of drug-likeness (QED) is 0.789. The molecule has 2 saturated heterocycles. The second-order valence-corrected chi connectivity index (χ2v) is 6.97. The van der Waals surface area contributed by atoms with Gasteiger partial charge in [0.15, 0.2) is 5.25 Å². The summed E-state index contributed by atoms with van der Waals surface area (Å²) in [5.41, 5.74) is 0. The minimum absolute atomic E-state index is 0.287. The summed E-state index contributed by atoms with van der Waals surface area (Å²) in [6, 6.07) is 2.19. The maximum Gasteiger partial charge on any atom is 0.230 e. The van der Waals surface area contributed by atoms with Crippen LogP contribution in [0.5, 0.6) is 0 Å². The largest absolute Gasteiger partial charge is 0.312 e. The summed E-state index contributed by atoms with van der Waals surface area (Å²) in [5, 5.41) is 11.4. The first-order valence-electron chi connectivity index (χ1n) is 6.21. The Labute approximate surface area is 103 Å². The summed E-state index contributed by atoms with van der Waals surface area (Å²) >= 11 is 0. The molecule has 3 atom stereocenters. The van der Waals surface area contributed by atoms with Crippen LogP contribution in [0.3, 0.4) is 0 Å². The molecule has 0 aromatic heterocycles. The van der Waals surface area contributed by atoms with Crippen molar-refractivity contribution < 1.29 is 8.42 Å². The maximum atomic E-state index is 12.2. The highest BCUT2D eigenvalue weighted by atomic mass is 32.2. The predicted molar refractivity (Wildman–Crippen MR) is 64.7 cm³/mol. The van der Waals surface area contributed by atoms with Crippen molar-refractivity contribution in [3.05, 3.63) is 0 Å². The number of nitriles is 1. The first-order valence-corrected chi connectivity index (χ1v) is 7.72. The SMILES string of the molecule is CCC(C#N)S(=O)(=O)N1C[C@@H]2CCCN[C@@H]2C1. The molecule has 0 radical (unpaired) electrons. The average molecular weight is 257 g/mol. The number of fused-ring (bicyclic) bond motifs is 1. The number of nitrogens with zero attached hydrogens (tertiary/aromatic N) is 2. The number of hydrogen-bond donors (Lipinski definition) is 1. The van der Waals surface area contributed by atoms with Crippen LogP contribution in [0.1, 0.15) is 26.2 Å². The van der Waals surface area contributed by atoms with Gasteiger partial charge in [0.2, 0.25) is 10.0 Å². The summed E-state index contributed by atoms with van der Waals surface area (Å²) in [6.45, 7) is 3.83. The molecule has 0 aromatic rings. The summed E-state index contributed by atoms with van der Waals surface area (Å²) < 4.78 is 25.9. The highest BCUT2D eigenvalue weighted by molar-refractivity contribution is 7.90. The second kappa shape index (κ2) is 4.92. The molecule has 2 rings (SSSR count). The lowest BCUT2D eigenvalue weighted by atomic mass is 9.94. The smallest absolute Gasteiger partial charge is 0.230 e. The van der Waals surface area contributed by atoms with Gasteiger partial charge in [-0.05, 0) is 31.7 Å².